The van der Waals surface area contributed by atoms with Crippen molar-refractivity contribution < 1.29 is 29.0 Å². The van der Waals surface area contributed by atoms with E-state index < -0.39 is 29.1 Å². The zero-order chi connectivity index (χ0) is 21.9. The molecular formula is C23H31NO6. The van der Waals surface area contributed by atoms with Crippen molar-refractivity contribution in [2.75, 3.05) is 13.3 Å². The minimum atomic E-state index is -1.03. The van der Waals surface area contributed by atoms with Gasteiger partial charge in [-0.05, 0) is 62.1 Å². The number of carboxylic acid groups (broad SMARTS) is 1. The van der Waals surface area contributed by atoms with Crippen LogP contribution in [-0.2, 0) is 20.8 Å². The van der Waals surface area contributed by atoms with E-state index in [9.17, 15) is 19.5 Å². The van der Waals surface area contributed by atoms with Gasteiger partial charge in [-0.3, -0.25) is 9.59 Å². The molecule has 1 aromatic rings. The monoisotopic (exact) mass is 417 g/mol. The minimum absolute atomic E-state index is 0.160. The fourth-order valence-electron chi connectivity index (χ4n) is 4.19. The van der Waals surface area contributed by atoms with Crippen molar-refractivity contribution in [2.24, 2.45) is 11.3 Å². The highest BCUT2D eigenvalue weighted by Crippen LogP contribution is 2.34. The molecule has 0 radical (unpaired) electrons. The van der Waals surface area contributed by atoms with Crippen LogP contribution >= 0.6 is 0 Å². The summed E-state index contributed by atoms with van der Waals surface area (Å²) in [6.07, 6.45) is 4.25. The van der Waals surface area contributed by atoms with Crippen molar-refractivity contribution in [3.63, 3.8) is 0 Å². The Labute approximate surface area is 177 Å². The third-order valence-corrected chi connectivity index (χ3v) is 6.44. The van der Waals surface area contributed by atoms with Crippen LogP contribution in [0.25, 0.3) is 0 Å². The molecule has 1 saturated heterocycles. The molecule has 2 atom stereocenters. The lowest BCUT2D eigenvalue weighted by Crippen LogP contribution is -2.56. The van der Waals surface area contributed by atoms with Crippen LogP contribution in [0.3, 0.4) is 0 Å². The van der Waals surface area contributed by atoms with Crippen LogP contribution < -0.4 is 9.47 Å². The van der Waals surface area contributed by atoms with Crippen molar-refractivity contribution in [3.8, 4) is 11.5 Å². The van der Waals surface area contributed by atoms with E-state index in [0.717, 1.165) is 36.3 Å². The first kappa shape index (κ1) is 22.1. The summed E-state index contributed by atoms with van der Waals surface area (Å²) in [7, 11) is 0. The Morgan fingerprint density at radius 3 is 2.63 bits per heavy atom. The molecule has 1 aromatic carbocycles. The molecule has 2 heterocycles. The van der Waals surface area contributed by atoms with Crippen LogP contribution in [0.15, 0.2) is 18.2 Å². The summed E-state index contributed by atoms with van der Waals surface area (Å²) in [5.74, 6) is -0.870. The Morgan fingerprint density at radius 1 is 1.20 bits per heavy atom. The number of fused-ring (bicyclic) bond motifs is 1. The molecule has 2 aliphatic heterocycles. The van der Waals surface area contributed by atoms with E-state index in [2.05, 4.69) is 0 Å². The standard InChI is InChI=1S/C23H31NO6/c1-4-23(2,3)20(25)21(26)24-12-6-9-16(19(24)22(27)28)8-5-7-15-10-11-17-18(13-15)30-14-29-17/h10-11,13,16,19H,4-9,12,14H2,1-3H3,(H,27,28). The molecule has 2 aliphatic rings. The summed E-state index contributed by atoms with van der Waals surface area (Å²) in [5.41, 5.74) is 0.321. The Balaban J connectivity index is 1.64. The largest absolute Gasteiger partial charge is 0.480 e. The molecule has 0 saturated carbocycles. The van der Waals surface area contributed by atoms with E-state index >= 15 is 0 Å². The summed E-state index contributed by atoms with van der Waals surface area (Å²) in [6.45, 7) is 5.87. The van der Waals surface area contributed by atoms with Crippen molar-refractivity contribution in [3.05, 3.63) is 23.8 Å². The quantitative estimate of drug-likeness (QED) is 0.652. The second-order valence-corrected chi connectivity index (χ2v) is 8.83. The van der Waals surface area contributed by atoms with Gasteiger partial charge in [0.25, 0.3) is 5.91 Å². The van der Waals surface area contributed by atoms with Crippen LogP contribution in [0.1, 0.15) is 58.4 Å². The number of carboxylic acids is 1. The van der Waals surface area contributed by atoms with Gasteiger partial charge in [0.05, 0.1) is 0 Å². The van der Waals surface area contributed by atoms with Gasteiger partial charge in [-0.15, -0.1) is 0 Å². The van der Waals surface area contributed by atoms with Gasteiger partial charge in [-0.25, -0.2) is 4.79 Å². The Bertz CT molecular complexity index is 818. The fourth-order valence-corrected chi connectivity index (χ4v) is 4.19. The average molecular weight is 418 g/mol. The first-order valence-corrected chi connectivity index (χ1v) is 10.7. The van der Waals surface area contributed by atoms with Gasteiger partial charge in [0.2, 0.25) is 12.6 Å². The van der Waals surface area contributed by atoms with E-state index in [0.29, 0.717) is 25.8 Å². The molecule has 1 fully saturated rings. The van der Waals surface area contributed by atoms with Crippen molar-refractivity contribution in [1.29, 1.82) is 0 Å². The minimum Gasteiger partial charge on any atom is -0.480 e. The molecule has 1 N–H and O–H groups in total. The first-order chi connectivity index (χ1) is 14.2. The number of amides is 1. The Morgan fingerprint density at radius 2 is 1.93 bits per heavy atom. The normalized spacial score (nSPS) is 20.8. The second kappa shape index (κ2) is 9.06. The maximum atomic E-state index is 12.9. The number of hydrogen-bond donors (Lipinski definition) is 1. The second-order valence-electron chi connectivity index (χ2n) is 8.83. The number of likely N-dealkylation sites (tertiary alicyclic amines) is 1. The van der Waals surface area contributed by atoms with E-state index in [4.69, 9.17) is 9.47 Å². The number of aryl methyl sites for hydroxylation is 1. The number of ether oxygens (including phenoxy) is 2. The molecule has 0 aromatic heterocycles. The van der Waals surface area contributed by atoms with Gasteiger partial charge in [0, 0.05) is 12.0 Å². The number of benzene rings is 1. The van der Waals surface area contributed by atoms with Crippen LogP contribution in [0.2, 0.25) is 0 Å². The molecule has 0 aliphatic carbocycles. The van der Waals surface area contributed by atoms with Crippen molar-refractivity contribution in [1.82, 2.24) is 4.90 Å². The number of nitrogens with zero attached hydrogens (tertiary/aromatic N) is 1. The smallest absolute Gasteiger partial charge is 0.326 e. The molecule has 1 amide bonds. The third kappa shape index (κ3) is 4.60. The van der Waals surface area contributed by atoms with Crippen LogP contribution in [0, 0.1) is 11.3 Å². The van der Waals surface area contributed by atoms with Crippen LogP contribution in [0.5, 0.6) is 11.5 Å². The lowest BCUT2D eigenvalue weighted by Gasteiger charge is -2.39. The average Bonchev–Trinajstić information content (AvgIpc) is 3.20. The number of carbonyl (C=O) groups excluding carboxylic acids is 2. The topological polar surface area (TPSA) is 93.1 Å². The van der Waals surface area contributed by atoms with Crippen LogP contribution in [0.4, 0.5) is 0 Å². The predicted octanol–water partition coefficient (Wildman–Crippen LogP) is 3.44. The summed E-state index contributed by atoms with van der Waals surface area (Å²) < 4.78 is 10.7. The molecule has 30 heavy (non-hydrogen) atoms. The zero-order valence-electron chi connectivity index (χ0n) is 18.0. The van der Waals surface area contributed by atoms with E-state index in [1.54, 1.807) is 13.8 Å². The highest BCUT2D eigenvalue weighted by molar-refractivity contribution is 6.38. The molecular weight excluding hydrogens is 386 g/mol. The SMILES string of the molecule is CCC(C)(C)C(=O)C(=O)N1CCCC(CCCc2ccc3c(c2)OCO3)C1C(=O)O. The number of carbonyl (C=O) groups is 3. The van der Waals surface area contributed by atoms with Gasteiger partial charge in [0.1, 0.15) is 6.04 Å². The molecule has 2 unspecified atom stereocenters. The number of piperidine rings is 1. The Hall–Kier alpha value is -2.57. The molecule has 164 valence electrons. The van der Waals surface area contributed by atoms with Gasteiger partial charge in [-0.1, -0.05) is 26.8 Å². The summed E-state index contributed by atoms with van der Waals surface area (Å²) >= 11 is 0. The maximum Gasteiger partial charge on any atom is 0.326 e. The van der Waals surface area contributed by atoms with Gasteiger partial charge in [-0.2, -0.15) is 0 Å². The van der Waals surface area contributed by atoms with Crippen molar-refractivity contribution >= 4 is 17.7 Å². The molecule has 7 nitrogen and oxygen atoms in total. The number of Topliss-reactive ketones (excluding diaryl/α,β-unsaturated/α-hetero) is 1. The van der Waals surface area contributed by atoms with E-state index in [-0.39, 0.29) is 12.7 Å². The Kier molecular flexibility index (Phi) is 6.68. The lowest BCUT2D eigenvalue weighted by atomic mass is 9.81. The highest BCUT2D eigenvalue weighted by atomic mass is 16.7. The number of hydrogen-bond acceptors (Lipinski definition) is 5. The van der Waals surface area contributed by atoms with Gasteiger partial charge < -0.3 is 19.5 Å². The zero-order valence-corrected chi connectivity index (χ0v) is 18.0. The molecule has 7 heteroatoms. The van der Waals surface area contributed by atoms with Gasteiger partial charge in [0.15, 0.2) is 11.5 Å². The molecule has 3 rings (SSSR count). The lowest BCUT2D eigenvalue weighted by molar-refractivity contribution is -0.160. The van der Waals surface area contributed by atoms with E-state index in [1.165, 1.54) is 4.90 Å². The molecule has 0 spiro atoms. The first-order valence-electron chi connectivity index (χ1n) is 10.7. The summed E-state index contributed by atoms with van der Waals surface area (Å²) in [6, 6.07) is 4.89. The fraction of sp³-hybridized carbons (Fsp3) is 0.609. The molecule has 0 bridgehead atoms. The van der Waals surface area contributed by atoms with Crippen LogP contribution in [-0.4, -0.2) is 47.0 Å². The summed E-state index contributed by atoms with van der Waals surface area (Å²) in [4.78, 5) is 38.9. The third-order valence-electron chi connectivity index (χ3n) is 6.44. The number of ketones is 1. The maximum absolute atomic E-state index is 12.9. The van der Waals surface area contributed by atoms with Crippen molar-refractivity contribution in [2.45, 2.75) is 65.3 Å². The number of rotatable bonds is 8. The number of aliphatic carboxylic acids is 1. The van der Waals surface area contributed by atoms with Gasteiger partial charge >= 0.3 is 5.97 Å². The summed E-state index contributed by atoms with van der Waals surface area (Å²) in [5, 5.41) is 9.86. The predicted molar refractivity (Wildman–Crippen MR) is 110 cm³/mol. The highest BCUT2D eigenvalue weighted by Gasteiger charge is 2.43. The van der Waals surface area contributed by atoms with E-state index in [1.807, 2.05) is 25.1 Å².